The van der Waals surface area contributed by atoms with E-state index in [0.717, 1.165) is 37.9 Å². The Morgan fingerprint density at radius 1 is 1.30 bits per heavy atom. The van der Waals surface area contributed by atoms with Crippen molar-refractivity contribution >= 4 is 11.8 Å². The van der Waals surface area contributed by atoms with Gasteiger partial charge in [0.2, 0.25) is 11.8 Å². The Hall–Kier alpha value is -1.84. The molecular formula is C19H28N2O2. The number of carbonyl (C=O) groups excluding carboxylic acids is 2. The first kappa shape index (κ1) is 17.5. The lowest BCUT2D eigenvalue weighted by Crippen LogP contribution is -2.35. The third-order valence-corrected chi connectivity index (χ3v) is 4.73. The zero-order chi connectivity index (χ0) is 16.7. The minimum absolute atomic E-state index is 0.0956. The Kier molecular flexibility index (Phi) is 6.63. The van der Waals surface area contributed by atoms with Crippen LogP contribution in [0.4, 0.5) is 0 Å². The third kappa shape index (κ3) is 4.81. The molecule has 1 aliphatic rings. The quantitative estimate of drug-likeness (QED) is 0.750. The van der Waals surface area contributed by atoms with E-state index in [1.807, 2.05) is 35.2 Å². The molecule has 23 heavy (non-hydrogen) atoms. The number of amides is 2. The molecule has 1 fully saturated rings. The van der Waals surface area contributed by atoms with Gasteiger partial charge in [-0.2, -0.15) is 0 Å². The number of rotatable bonds is 8. The first-order valence-corrected chi connectivity index (χ1v) is 8.74. The molecule has 126 valence electrons. The lowest BCUT2D eigenvalue weighted by Gasteiger charge is -2.23. The molecule has 2 atom stereocenters. The van der Waals surface area contributed by atoms with E-state index in [1.54, 1.807) is 0 Å². The third-order valence-electron chi connectivity index (χ3n) is 4.73. The van der Waals surface area contributed by atoms with E-state index in [4.69, 9.17) is 0 Å². The average molecular weight is 316 g/mol. The zero-order valence-corrected chi connectivity index (χ0v) is 14.3. The molecule has 1 heterocycles. The van der Waals surface area contributed by atoms with E-state index in [0.29, 0.717) is 18.9 Å². The number of hydrogen-bond donors (Lipinski definition) is 1. The standard InChI is InChI=1S/C19H28N2O2/c1-3-15(2)18(16-9-5-4-6-10-16)19(23)20-12-8-14-21-13-7-11-17(21)22/h4-6,9-10,15,18H,3,7-8,11-14H2,1-2H3,(H,20,23). The fraction of sp³-hybridized carbons (Fsp3) is 0.579. The van der Waals surface area contributed by atoms with Crippen molar-refractivity contribution in [3.63, 3.8) is 0 Å². The SMILES string of the molecule is CCC(C)C(C(=O)NCCCN1CCCC1=O)c1ccccc1. The van der Waals surface area contributed by atoms with Crippen LogP contribution in [0.5, 0.6) is 0 Å². The molecule has 1 N–H and O–H groups in total. The average Bonchev–Trinajstić information content (AvgIpc) is 2.97. The molecular weight excluding hydrogens is 288 g/mol. The van der Waals surface area contributed by atoms with Gasteiger partial charge in [0.05, 0.1) is 5.92 Å². The van der Waals surface area contributed by atoms with Crippen molar-refractivity contribution in [2.24, 2.45) is 5.92 Å². The van der Waals surface area contributed by atoms with Gasteiger partial charge in [-0.1, -0.05) is 50.6 Å². The monoisotopic (exact) mass is 316 g/mol. The molecule has 4 heteroatoms. The van der Waals surface area contributed by atoms with Gasteiger partial charge in [-0.25, -0.2) is 0 Å². The summed E-state index contributed by atoms with van der Waals surface area (Å²) >= 11 is 0. The van der Waals surface area contributed by atoms with Crippen LogP contribution in [0.2, 0.25) is 0 Å². The maximum absolute atomic E-state index is 12.6. The summed E-state index contributed by atoms with van der Waals surface area (Å²) in [4.78, 5) is 26.1. The topological polar surface area (TPSA) is 49.4 Å². The van der Waals surface area contributed by atoms with Crippen molar-refractivity contribution in [1.82, 2.24) is 10.2 Å². The van der Waals surface area contributed by atoms with Gasteiger partial charge >= 0.3 is 0 Å². The molecule has 0 spiro atoms. The normalized spacial score (nSPS) is 17.1. The smallest absolute Gasteiger partial charge is 0.227 e. The highest BCUT2D eigenvalue weighted by Gasteiger charge is 2.25. The van der Waals surface area contributed by atoms with Crippen LogP contribution in [0.15, 0.2) is 30.3 Å². The summed E-state index contributed by atoms with van der Waals surface area (Å²) in [6, 6.07) is 9.99. The summed E-state index contributed by atoms with van der Waals surface area (Å²) < 4.78 is 0. The van der Waals surface area contributed by atoms with Crippen LogP contribution in [0, 0.1) is 5.92 Å². The summed E-state index contributed by atoms with van der Waals surface area (Å²) in [5, 5.41) is 3.06. The molecule has 2 amide bonds. The molecule has 4 nitrogen and oxygen atoms in total. The second-order valence-corrected chi connectivity index (χ2v) is 6.40. The highest BCUT2D eigenvalue weighted by Crippen LogP contribution is 2.27. The van der Waals surface area contributed by atoms with Crippen LogP contribution in [-0.4, -0.2) is 36.3 Å². The number of benzene rings is 1. The second kappa shape index (κ2) is 8.70. The molecule has 1 aromatic rings. The van der Waals surface area contributed by atoms with Gasteiger partial charge in [0.15, 0.2) is 0 Å². The summed E-state index contributed by atoms with van der Waals surface area (Å²) in [6.45, 7) is 6.49. The minimum Gasteiger partial charge on any atom is -0.355 e. The van der Waals surface area contributed by atoms with Crippen molar-refractivity contribution in [3.05, 3.63) is 35.9 Å². The van der Waals surface area contributed by atoms with Gasteiger partial charge in [0.1, 0.15) is 0 Å². The van der Waals surface area contributed by atoms with Gasteiger partial charge in [-0.05, 0) is 24.3 Å². The molecule has 0 aliphatic carbocycles. The Bertz CT molecular complexity index is 515. The minimum atomic E-state index is -0.102. The van der Waals surface area contributed by atoms with Gasteiger partial charge in [0, 0.05) is 26.1 Å². The van der Waals surface area contributed by atoms with Crippen molar-refractivity contribution in [3.8, 4) is 0 Å². The van der Waals surface area contributed by atoms with Crippen LogP contribution in [0.25, 0.3) is 0 Å². The Morgan fingerprint density at radius 3 is 2.65 bits per heavy atom. The summed E-state index contributed by atoms with van der Waals surface area (Å²) in [7, 11) is 0. The molecule has 0 aromatic heterocycles. The molecule has 2 rings (SSSR count). The van der Waals surface area contributed by atoms with Crippen LogP contribution < -0.4 is 5.32 Å². The number of likely N-dealkylation sites (tertiary alicyclic amines) is 1. The molecule has 0 radical (unpaired) electrons. The molecule has 0 saturated carbocycles. The number of nitrogens with zero attached hydrogens (tertiary/aromatic N) is 1. The maximum atomic E-state index is 12.6. The maximum Gasteiger partial charge on any atom is 0.227 e. The van der Waals surface area contributed by atoms with Crippen LogP contribution in [-0.2, 0) is 9.59 Å². The summed E-state index contributed by atoms with van der Waals surface area (Å²) in [5.74, 6) is 0.545. The van der Waals surface area contributed by atoms with E-state index < -0.39 is 0 Å². The number of nitrogens with one attached hydrogen (secondary N) is 1. The lowest BCUT2D eigenvalue weighted by molar-refractivity contribution is -0.127. The molecule has 1 aliphatic heterocycles. The lowest BCUT2D eigenvalue weighted by atomic mass is 9.85. The van der Waals surface area contributed by atoms with Gasteiger partial charge in [0.25, 0.3) is 0 Å². The molecule has 0 bridgehead atoms. The Morgan fingerprint density at radius 2 is 2.04 bits per heavy atom. The molecule has 1 aromatic carbocycles. The second-order valence-electron chi connectivity index (χ2n) is 6.40. The Labute approximate surface area is 139 Å². The van der Waals surface area contributed by atoms with E-state index >= 15 is 0 Å². The highest BCUT2D eigenvalue weighted by molar-refractivity contribution is 5.84. The van der Waals surface area contributed by atoms with Gasteiger partial charge in [-0.15, -0.1) is 0 Å². The van der Waals surface area contributed by atoms with Crippen LogP contribution in [0.3, 0.4) is 0 Å². The van der Waals surface area contributed by atoms with Crippen LogP contribution in [0.1, 0.15) is 51.0 Å². The first-order chi connectivity index (χ1) is 11.1. The van der Waals surface area contributed by atoms with E-state index in [1.165, 1.54) is 0 Å². The molecule has 1 saturated heterocycles. The largest absolute Gasteiger partial charge is 0.355 e. The summed E-state index contributed by atoms with van der Waals surface area (Å²) in [5.41, 5.74) is 1.08. The summed E-state index contributed by atoms with van der Waals surface area (Å²) in [6.07, 6.45) is 3.43. The van der Waals surface area contributed by atoms with Gasteiger partial charge < -0.3 is 10.2 Å². The first-order valence-electron chi connectivity index (χ1n) is 8.74. The predicted octanol–water partition coefficient (Wildman–Crippen LogP) is 2.95. The predicted molar refractivity (Wildman–Crippen MR) is 92.1 cm³/mol. The number of carbonyl (C=O) groups is 2. The Balaban J connectivity index is 1.84. The van der Waals surface area contributed by atoms with Crippen LogP contribution >= 0.6 is 0 Å². The van der Waals surface area contributed by atoms with Crippen molar-refractivity contribution in [1.29, 1.82) is 0 Å². The fourth-order valence-electron chi connectivity index (χ4n) is 3.17. The van der Waals surface area contributed by atoms with E-state index in [-0.39, 0.29) is 17.7 Å². The zero-order valence-electron chi connectivity index (χ0n) is 14.3. The van der Waals surface area contributed by atoms with Gasteiger partial charge in [-0.3, -0.25) is 9.59 Å². The van der Waals surface area contributed by atoms with Crippen molar-refractivity contribution in [2.75, 3.05) is 19.6 Å². The number of hydrogen-bond acceptors (Lipinski definition) is 2. The van der Waals surface area contributed by atoms with E-state index in [9.17, 15) is 9.59 Å². The van der Waals surface area contributed by atoms with Crippen molar-refractivity contribution < 1.29 is 9.59 Å². The van der Waals surface area contributed by atoms with E-state index in [2.05, 4.69) is 19.2 Å². The molecule has 2 unspecified atom stereocenters. The van der Waals surface area contributed by atoms with Crippen molar-refractivity contribution in [2.45, 2.75) is 45.4 Å². The fourth-order valence-corrected chi connectivity index (χ4v) is 3.17. The highest BCUT2D eigenvalue weighted by atomic mass is 16.2.